The predicted molar refractivity (Wildman–Crippen MR) is 102 cm³/mol. The van der Waals surface area contributed by atoms with Gasteiger partial charge in [0.2, 0.25) is 5.91 Å². The van der Waals surface area contributed by atoms with Gasteiger partial charge in [-0.15, -0.1) is 0 Å². The summed E-state index contributed by atoms with van der Waals surface area (Å²) in [6, 6.07) is 10.5. The van der Waals surface area contributed by atoms with Crippen molar-refractivity contribution in [1.29, 1.82) is 0 Å². The lowest BCUT2D eigenvalue weighted by atomic mass is 10.1. The third-order valence-electron chi connectivity index (χ3n) is 4.33. The Bertz CT molecular complexity index is 957. The van der Waals surface area contributed by atoms with Crippen LogP contribution in [0.25, 0.3) is 0 Å². The molecule has 132 valence electrons. The highest BCUT2D eigenvalue weighted by atomic mass is 79.9. The highest BCUT2D eigenvalue weighted by Crippen LogP contribution is 2.40. The summed E-state index contributed by atoms with van der Waals surface area (Å²) < 4.78 is 29.5. The first-order chi connectivity index (χ1) is 11.7. The zero-order chi connectivity index (χ0) is 18.4. The maximum atomic E-state index is 13.1. The Labute approximate surface area is 156 Å². The number of nitrogens with one attached hydrogen (secondary N) is 1. The molecule has 1 aliphatic rings. The Kier molecular flexibility index (Phi) is 4.64. The molecular formula is C18H19BrN2O3S. The first-order valence-corrected chi connectivity index (χ1v) is 10.2. The largest absolute Gasteiger partial charge is 0.308 e. The fourth-order valence-electron chi connectivity index (χ4n) is 3.25. The van der Waals surface area contributed by atoms with Crippen LogP contribution in [0.15, 0.2) is 45.8 Å². The topological polar surface area (TPSA) is 66.5 Å². The van der Waals surface area contributed by atoms with E-state index in [0.717, 1.165) is 11.1 Å². The van der Waals surface area contributed by atoms with Gasteiger partial charge in [0.1, 0.15) is 4.90 Å². The van der Waals surface area contributed by atoms with Gasteiger partial charge >= 0.3 is 0 Å². The van der Waals surface area contributed by atoms with E-state index in [2.05, 4.69) is 20.7 Å². The van der Waals surface area contributed by atoms with E-state index in [0.29, 0.717) is 22.3 Å². The lowest BCUT2D eigenvalue weighted by Gasteiger charge is -2.23. The average Bonchev–Trinajstić information content (AvgIpc) is 2.84. The van der Waals surface area contributed by atoms with Crippen LogP contribution in [0.2, 0.25) is 0 Å². The van der Waals surface area contributed by atoms with Crippen LogP contribution < -0.4 is 9.62 Å². The third-order valence-corrected chi connectivity index (χ3v) is 6.17. The first-order valence-electron chi connectivity index (χ1n) is 7.91. The number of carbonyl (C=O) groups excluding carboxylic acids is 1. The SMILES string of the molecule is CC(=O)N1c2c(cc(Br)cc2S(=O)(=O)Nc2ccccc2C)C[C@H]1C. The molecule has 0 fully saturated rings. The highest BCUT2D eigenvalue weighted by Gasteiger charge is 2.35. The van der Waals surface area contributed by atoms with Gasteiger partial charge in [0.15, 0.2) is 0 Å². The van der Waals surface area contributed by atoms with Gasteiger partial charge in [-0.05, 0) is 49.6 Å². The summed E-state index contributed by atoms with van der Waals surface area (Å²) in [5.41, 5.74) is 2.68. The molecule has 1 aliphatic heterocycles. The van der Waals surface area contributed by atoms with Crippen molar-refractivity contribution in [2.45, 2.75) is 38.1 Å². The van der Waals surface area contributed by atoms with E-state index in [-0.39, 0.29) is 16.8 Å². The minimum atomic E-state index is -3.85. The Morgan fingerprint density at radius 1 is 1.28 bits per heavy atom. The molecule has 2 aromatic carbocycles. The second kappa shape index (κ2) is 6.46. The second-order valence-electron chi connectivity index (χ2n) is 6.27. The van der Waals surface area contributed by atoms with E-state index in [9.17, 15) is 13.2 Å². The number of para-hydroxylation sites is 1. The molecule has 1 atom stereocenters. The van der Waals surface area contributed by atoms with E-state index < -0.39 is 10.0 Å². The summed E-state index contributed by atoms with van der Waals surface area (Å²) in [5.74, 6) is -0.166. The molecule has 0 aromatic heterocycles. The molecule has 0 saturated carbocycles. The average molecular weight is 423 g/mol. The van der Waals surface area contributed by atoms with E-state index >= 15 is 0 Å². The Morgan fingerprint density at radius 2 is 1.96 bits per heavy atom. The number of carbonyl (C=O) groups is 1. The van der Waals surface area contributed by atoms with Crippen molar-refractivity contribution >= 4 is 43.2 Å². The monoisotopic (exact) mass is 422 g/mol. The number of amides is 1. The minimum absolute atomic E-state index is 0.0748. The van der Waals surface area contributed by atoms with Crippen molar-refractivity contribution in [3.63, 3.8) is 0 Å². The number of anilines is 2. The number of benzene rings is 2. The number of halogens is 1. The van der Waals surface area contributed by atoms with Crippen LogP contribution in [0.5, 0.6) is 0 Å². The third kappa shape index (κ3) is 3.30. The molecule has 1 heterocycles. The van der Waals surface area contributed by atoms with Gasteiger partial charge in [0, 0.05) is 17.4 Å². The van der Waals surface area contributed by atoms with Crippen molar-refractivity contribution in [2.24, 2.45) is 0 Å². The normalized spacial score (nSPS) is 16.6. The Balaban J connectivity index is 2.15. The van der Waals surface area contributed by atoms with Crippen LogP contribution in [-0.4, -0.2) is 20.4 Å². The molecule has 0 spiro atoms. The Hall–Kier alpha value is -1.86. The second-order valence-corrected chi connectivity index (χ2v) is 8.84. The molecule has 0 radical (unpaired) electrons. The predicted octanol–water partition coefficient (Wildman–Crippen LogP) is 3.86. The van der Waals surface area contributed by atoms with Gasteiger partial charge in [0.05, 0.1) is 11.4 Å². The summed E-state index contributed by atoms with van der Waals surface area (Å²) in [4.78, 5) is 13.8. The molecular weight excluding hydrogens is 404 g/mol. The van der Waals surface area contributed by atoms with Gasteiger partial charge in [-0.1, -0.05) is 34.1 Å². The van der Waals surface area contributed by atoms with Crippen LogP contribution >= 0.6 is 15.9 Å². The molecule has 0 unspecified atom stereocenters. The number of rotatable bonds is 3. The standard InChI is InChI=1S/C18H19BrN2O3S/c1-11-6-4-5-7-16(11)20-25(23,24)17-10-15(19)9-14-8-12(2)21(13(3)22)18(14)17/h4-7,9-10,12,20H,8H2,1-3H3/t12-/m1/s1. The van der Waals surface area contributed by atoms with Crippen molar-refractivity contribution in [1.82, 2.24) is 0 Å². The van der Waals surface area contributed by atoms with Gasteiger partial charge < -0.3 is 4.90 Å². The fraction of sp³-hybridized carbons (Fsp3) is 0.278. The molecule has 0 saturated heterocycles. The lowest BCUT2D eigenvalue weighted by molar-refractivity contribution is -0.116. The van der Waals surface area contributed by atoms with Crippen LogP contribution in [0, 0.1) is 6.92 Å². The zero-order valence-electron chi connectivity index (χ0n) is 14.2. The molecule has 5 nitrogen and oxygen atoms in total. The summed E-state index contributed by atoms with van der Waals surface area (Å²) in [7, 11) is -3.85. The smallest absolute Gasteiger partial charge is 0.264 e. The molecule has 2 aromatic rings. The van der Waals surface area contributed by atoms with Gasteiger partial charge in [0.25, 0.3) is 10.0 Å². The number of sulfonamides is 1. The molecule has 1 N–H and O–H groups in total. The van der Waals surface area contributed by atoms with E-state index in [1.807, 2.05) is 32.0 Å². The summed E-state index contributed by atoms with van der Waals surface area (Å²) in [5, 5.41) is 0. The van der Waals surface area contributed by atoms with Crippen molar-refractivity contribution < 1.29 is 13.2 Å². The van der Waals surface area contributed by atoms with Crippen LogP contribution in [0.4, 0.5) is 11.4 Å². The van der Waals surface area contributed by atoms with Crippen LogP contribution in [-0.2, 0) is 21.2 Å². The fourth-order valence-corrected chi connectivity index (χ4v) is 5.30. The van der Waals surface area contributed by atoms with E-state index in [1.54, 1.807) is 23.1 Å². The van der Waals surface area contributed by atoms with Crippen molar-refractivity contribution in [2.75, 3.05) is 9.62 Å². The number of aryl methyl sites for hydroxylation is 1. The number of fused-ring (bicyclic) bond motifs is 1. The van der Waals surface area contributed by atoms with Crippen LogP contribution in [0.1, 0.15) is 25.0 Å². The van der Waals surface area contributed by atoms with E-state index in [4.69, 9.17) is 0 Å². The van der Waals surface area contributed by atoms with Crippen molar-refractivity contribution in [3.05, 3.63) is 52.0 Å². The Morgan fingerprint density at radius 3 is 2.60 bits per heavy atom. The zero-order valence-corrected chi connectivity index (χ0v) is 16.6. The minimum Gasteiger partial charge on any atom is -0.308 e. The molecule has 0 aliphatic carbocycles. The highest BCUT2D eigenvalue weighted by molar-refractivity contribution is 9.10. The molecule has 25 heavy (non-hydrogen) atoms. The van der Waals surface area contributed by atoms with Gasteiger partial charge in [-0.25, -0.2) is 8.42 Å². The maximum absolute atomic E-state index is 13.1. The summed E-state index contributed by atoms with van der Waals surface area (Å²) in [6.07, 6.45) is 0.626. The molecule has 1 amide bonds. The van der Waals surface area contributed by atoms with E-state index in [1.165, 1.54) is 6.92 Å². The summed E-state index contributed by atoms with van der Waals surface area (Å²) >= 11 is 3.39. The quantitative estimate of drug-likeness (QED) is 0.816. The van der Waals surface area contributed by atoms with Gasteiger partial charge in [-0.3, -0.25) is 9.52 Å². The number of nitrogens with zero attached hydrogens (tertiary/aromatic N) is 1. The summed E-state index contributed by atoms with van der Waals surface area (Å²) in [6.45, 7) is 5.21. The molecule has 0 bridgehead atoms. The lowest BCUT2D eigenvalue weighted by Crippen LogP contribution is -2.34. The molecule has 3 rings (SSSR count). The van der Waals surface area contributed by atoms with Crippen LogP contribution in [0.3, 0.4) is 0 Å². The number of hydrogen-bond donors (Lipinski definition) is 1. The first kappa shape index (κ1) is 17.9. The molecule has 7 heteroatoms. The maximum Gasteiger partial charge on any atom is 0.264 e. The van der Waals surface area contributed by atoms with Crippen molar-refractivity contribution in [3.8, 4) is 0 Å². The number of hydrogen-bond acceptors (Lipinski definition) is 3. The van der Waals surface area contributed by atoms with Gasteiger partial charge in [-0.2, -0.15) is 0 Å².